The van der Waals surface area contributed by atoms with Crippen molar-refractivity contribution in [1.29, 1.82) is 0 Å². The third-order valence-corrected chi connectivity index (χ3v) is 8.03. The van der Waals surface area contributed by atoms with Crippen LogP contribution >= 0.6 is 23.4 Å². The molecule has 1 amide bonds. The second-order valence-corrected chi connectivity index (χ2v) is 10.9. The van der Waals surface area contributed by atoms with E-state index < -0.39 is 29.1 Å². The topological polar surface area (TPSA) is 98.1 Å². The molecule has 12 heteroatoms. The van der Waals surface area contributed by atoms with Crippen molar-refractivity contribution in [2.45, 2.75) is 44.8 Å². The molecule has 2 aromatic heterocycles. The van der Waals surface area contributed by atoms with Gasteiger partial charge in [-0.15, -0.1) is 0 Å². The molecular formula is C28H24ClF2N5O3S. The number of hydrogen-bond donors (Lipinski definition) is 0. The van der Waals surface area contributed by atoms with Crippen LogP contribution in [0.2, 0.25) is 5.02 Å². The molecule has 1 fully saturated rings. The van der Waals surface area contributed by atoms with E-state index in [9.17, 15) is 23.2 Å². The Kier molecular flexibility index (Phi) is 7.95. The van der Waals surface area contributed by atoms with Crippen molar-refractivity contribution in [3.63, 3.8) is 0 Å². The molecular weight excluding hydrogens is 560 g/mol. The summed E-state index contributed by atoms with van der Waals surface area (Å²) in [6.45, 7) is 2.64. The molecule has 0 bridgehead atoms. The number of likely N-dealkylation sites (tertiary alicyclic amines) is 1. The highest BCUT2D eigenvalue weighted by molar-refractivity contribution is 8.13. The summed E-state index contributed by atoms with van der Waals surface area (Å²) in [6, 6.07) is 8.86. The number of amides is 1. The average molecular weight is 584 g/mol. The molecule has 0 spiro atoms. The first kappa shape index (κ1) is 27.9. The SMILES string of the molecule is CC(=O)c1nn(CC(=O)N2CC(F)CC2C(=O)SCc2cccc(Cl)c2F)c2ccc(-c3cnc(C)nc3)cc12. The fraction of sp³-hybridized carbons (Fsp3) is 0.286. The smallest absolute Gasteiger partial charge is 0.245 e. The maximum Gasteiger partial charge on any atom is 0.245 e. The lowest BCUT2D eigenvalue weighted by Crippen LogP contribution is -2.41. The van der Waals surface area contributed by atoms with Crippen LogP contribution in [0.3, 0.4) is 0 Å². The third kappa shape index (κ3) is 5.62. The number of thioether (sulfide) groups is 1. The lowest BCUT2D eigenvalue weighted by molar-refractivity contribution is -0.135. The fourth-order valence-electron chi connectivity index (χ4n) is 4.69. The van der Waals surface area contributed by atoms with E-state index in [0.29, 0.717) is 16.7 Å². The van der Waals surface area contributed by atoms with Crippen LogP contribution in [-0.2, 0) is 21.9 Å². The van der Waals surface area contributed by atoms with Gasteiger partial charge in [0.15, 0.2) is 5.78 Å². The van der Waals surface area contributed by atoms with Crippen LogP contribution in [0.4, 0.5) is 8.78 Å². The second-order valence-electron chi connectivity index (χ2n) is 9.53. The minimum absolute atomic E-state index is 0.000824. The van der Waals surface area contributed by atoms with E-state index in [1.54, 1.807) is 37.5 Å². The first-order valence-corrected chi connectivity index (χ1v) is 13.8. The maximum atomic E-state index is 14.4. The fourth-order valence-corrected chi connectivity index (χ4v) is 5.82. The summed E-state index contributed by atoms with van der Waals surface area (Å²) in [5.41, 5.74) is 2.51. The Bertz CT molecular complexity index is 1630. The number of aromatic nitrogens is 4. The van der Waals surface area contributed by atoms with Gasteiger partial charge in [-0.3, -0.25) is 19.1 Å². The summed E-state index contributed by atoms with van der Waals surface area (Å²) < 4.78 is 30.1. The average Bonchev–Trinajstić information content (AvgIpc) is 3.50. The van der Waals surface area contributed by atoms with Crippen LogP contribution in [0.1, 0.15) is 35.2 Å². The van der Waals surface area contributed by atoms with Crippen molar-refractivity contribution in [2.75, 3.05) is 6.54 Å². The highest BCUT2D eigenvalue weighted by Crippen LogP contribution is 2.30. The molecule has 0 aliphatic carbocycles. The van der Waals surface area contributed by atoms with E-state index in [4.69, 9.17) is 11.6 Å². The molecule has 8 nitrogen and oxygen atoms in total. The quantitative estimate of drug-likeness (QED) is 0.276. The van der Waals surface area contributed by atoms with Crippen molar-refractivity contribution in [3.8, 4) is 11.1 Å². The summed E-state index contributed by atoms with van der Waals surface area (Å²) >= 11 is 6.63. The van der Waals surface area contributed by atoms with Crippen LogP contribution < -0.4 is 0 Å². The number of rotatable bonds is 7. The molecule has 1 saturated heterocycles. The minimum Gasteiger partial charge on any atom is -0.327 e. The molecule has 4 aromatic rings. The Balaban J connectivity index is 1.36. The Hall–Kier alpha value is -3.70. The predicted octanol–water partition coefficient (Wildman–Crippen LogP) is 5.20. The number of carbonyl (C=O) groups excluding carboxylic acids is 3. The van der Waals surface area contributed by atoms with Gasteiger partial charge in [-0.05, 0) is 36.2 Å². The number of halogens is 3. The van der Waals surface area contributed by atoms with Gasteiger partial charge in [-0.2, -0.15) is 5.10 Å². The zero-order valence-corrected chi connectivity index (χ0v) is 23.2. The third-order valence-electron chi connectivity index (χ3n) is 6.73. The van der Waals surface area contributed by atoms with Crippen LogP contribution in [0, 0.1) is 12.7 Å². The predicted molar refractivity (Wildman–Crippen MR) is 148 cm³/mol. The molecule has 3 heterocycles. The Labute approximate surface area is 237 Å². The Morgan fingerprint density at radius 2 is 1.88 bits per heavy atom. The summed E-state index contributed by atoms with van der Waals surface area (Å²) in [5.74, 6) is -0.775. The molecule has 206 valence electrons. The zero-order valence-electron chi connectivity index (χ0n) is 21.6. The number of benzene rings is 2. The molecule has 2 atom stereocenters. The van der Waals surface area contributed by atoms with Crippen LogP contribution in [0.25, 0.3) is 22.0 Å². The summed E-state index contributed by atoms with van der Waals surface area (Å²) in [5, 5.41) is 4.44. The molecule has 2 unspecified atom stereocenters. The van der Waals surface area contributed by atoms with E-state index in [0.717, 1.165) is 22.9 Å². The van der Waals surface area contributed by atoms with E-state index in [2.05, 4.69) is 15.1 Å². The van der Waals surface area contributed by atoms with E-state index >= 15 is 0 Å². The standard InChI is InChI=1S/C28H24ClF2N5O3S/c1-15(37)27-21-8-17(19-10-32-16(2)33-11-19)6-7-23(21)36(34-27)13-25(38)35-12-20(30)9-24(35)28(39)40-14-18-4-3-5-22(29)26(18)31/h3-8,10-11,20,24H,9,12-14H2,1-2H3. The number of ketones is 1. The molecule has 1 aliphatic heterocycles. The van der Waals surface area contributed by atoms with Gasteiger partial charge in [0.25, 0.3) is 0 Å². The van der Waals surface area contributed by atoms with Crippen molar-refractivity contribution in [1.82, 2.24) is 24.6 Å². The first-order valence-electron chi connectivity index (χ1n) is 12.5. The van der Waals surface area contributed by atoms with E-state index in [1.807, 2.05) is 6.07 Å². The van der Waals surface area contributed by atoms with Crippen LogP contribution in [0.15, 0.2) is 48.8 Å². The highest BCUT2D eigenvalue weighted by atomic mass is 35.5. The number of carbonyl (C=O) groups is 3. The summed E-state index contributed by atoms with van der Waals surface area (Å²) in [4.78, 5) is 48.4. The number of nitrogens with zero attached hydrogens (tertiary/aromatic N) is 5. The van der Waals surface area contributed by atoms with E-state index in [1.165, 1.54) is 28.6 Å². The molecule has 2 aromatic carbocycles. The number of alkyl halides is 1. The molecule has 5 rings (SSSR count). The highest BCUT2D eigenvalue weighted by Gasteiger charge is 2.40. The lowest BCUT2D eigenvalue weighted by Gasteiger charge is -2.23. The lowest BCUT2D eigenvalue weighted by atomic mass is 10.0. The summed E-state index contributed by atoms with van der Waals surface area (Å²) in [7, 11) is 0. The normalized spacial score (nSPS) is 17.0. The molecule has 0 radical (unpaired) electrons. The minimum atomic E-state index is -1.37. The second kappa shape index (κ2) is 11.4. The summed E-state index contributed by atoms with van der Waals surface area (Å²) in [6.07, 6.45) is 1.85. The van der Waals surface area contributed by atoms with Crippen molar-refractivity contribution in [2.24, 2.45) is 0 Å². The monoisotopic (exact) mass is 583 g/mol. The van der Waals surface area contributed by atoms with Crippen molar-refractivity contribution in [3.05, 3.63) is 76.7 Å². The van der Waals surface area contributed by atoms with E-state index in [-0.39, 0.29) is 47.3 Å². The number of aryl methyl sites for hydroxylation is 1. The molecule has 0 N–H and O–H groups in total. The molecule has 40 heavy (non-hydrogen) atoms. The van der Waals surface area contributed by atoms with Gasteiger partial charge < -0.3 is 4.90 Å². The molecule has 1 aliphatic rings. The van der Waals surface area contributed by atoms with Gasteiger partial charge in [-0.1, -0.05) is 41.6 Å². The molecule has 0 saturated carbocycles. The maximum absolute atomic E-state index is 14.4. The Morgan fingerprint density at radius 3 is 2.60 bits per heavy atom. The van der Waals surface area contributed by atoms with Crippen molar-refractivity contribution >= 4 is 51.1 Å². The van der Waals surface area contributed by atoms with Gasteiger partial charge in [0.05, 0.1) is 17.1 Å². The van der Waals surface area contributed by atoms with Crippen LogP contribution in [-0.4, -0.2) is 60.2 Å². The van der Waals surface area contributed by atoms with Gasteiger partial charge in [0.1, 0.15) is 36.1 Å². The van der Waals surface area contributed by atoms with Gasteiger partial charge >= 0.3 is 0 Å². The van der Waals surface area contributed by atoms with Gasteiger partial charge in [0, 0.05) is 42.4 Å². The number of fused-ring (bicyclic) bond motifs is 1. The largest absolute Gasteiger partial charge is 0.327 e. The van der Waals surface area contributed by atoms with Gasteiger partial charge in [-0.25, -0.2) is 18.7 Å². The zero-order chi connectivity index (χ0) is 28.6. The first-order chi connectivity index (χ1) is 19.1. The van der Waals surface area contributed by atoms with Gasteiger partial charge in [0.2, 0.25) is 11.0 Å². The van der Waals surface area contributed by atoms with Crippen molar-refractivity contribution < 1.29 is 23.2 Å². The number of hydrogen-bond acceptors (Lipinski definition) is 7. The number of Topliss-reactive ketones (excluding diaryl/α,β-unsaturated/α-hetero) is 1. The van der Waals surface area contributed by atoms with Crippen LogP contribution in [0.5, 0.6) is 0 Å². The Morgan fingerprint density at radius 1 is 1.12 bits per heavy atom.